The van der Waals surface area contributed by atoms with E-state index in [9.17, 15) is 9.90 Å². The number of benzene rings is 1. The van der Waals surface area contributed by atoms with Crippen LogP contribution in [-0.2, 0) is 16.0 Å². The molecule has 98 valence electrons. The van der Waals surface area contributed by atoms with Gasteiger partial charge in [0, 0.05) is 12.8 Å². The van der Waals surface area contributed by atoms with Crippen molar-refractivity contribution in [2.45, 2.75) is 31.8 Å². The summed E-state index contributed by atoms with van der Waals surface area (Å²) in [5, 5.41) is 9.40. The third kappa shape index (κ3) is 2.64. The summed E-state index contributed by atoms with van der Waals surface area (Å²) in [6.07, 6.45) is 1.68. The van der Waals surface area contributed by atoms with Crippen molar-refractivity contribution in [1.29, 1.82) is 0 Å². The van der Waals surface area contributed by atoms with E-state index in [0.29, 0.717) is 31.8 Å². The minimum absolute atomic E-state index is 0.388. The predicted octanol–water partition coefficient (Wildman–Crippen LogP) is 2.26. The molecule has 1 N–H and O–H groups in total. The molecule has 0 saturated carbocycles. The summed E-state index contributed by atoms with van der Waals surface area (Å²) in [4.78, 5) is 11.5. The zero-order chi connectivity index (χ0) is 13.0. The maximum absolute atomic E-state index is 11.5. The van der Waals surface area contributed by atoms with Crippen molar-refractivity contribution in [1.82, 2.24) is 0 Å². The van der Waals surface area contributed by atoms with E-state index in [-0.39, 0.29) is 0 Å². The first-order valence-corrected chi connectivity index (χ1v) is 6.25. The summed E-state index contributed by atoms with van der Waals surface area (Å²) in [5.41, 5.74) is 0.00467. The molecule has 1 heterocycles. The molecule has 1 saturated heterocycles. The highest BCUT2D eigenvalue weighted by atomic mass is 16.5. The summed E-state index contributed by atoms with van der Waals surface area (Å²) in [5.74, 6) is -0.286. The highest BCUT2D eigenvalue weighted by molar-refractivity contribution is 5.78. The Morgan fingerprint density at radius 1 is 1.44 bits per heavy atom. The zero-order valence-corrected chi connectivity index (χ0v) is 10.5. The van der Waals surface area contributed by atoms with Crippen LogP contribution in [0, 0.1) is 0 Å². The van der Waals surface area contributed by atoms with Gasteiger partial charge in [-0.15, -0.1) is 0 Å². The van der Waals surface area contributed by atoms with Crippen molar-refractivity contribution >= 4 is 5.97 Å². The lowest BCUT2D eigenvalue weighted by Gasteiger charge is -2.33. The molecule has 2 rings (SSSR count). The molecule has 0 atom stereocenters. The van der Waals surface area contributed by atoms with Gasteiger partial charge >= 0.3 is 5.97 Å². The number of hydrogen-bond acceptors (Lipinski definition) is 3. The maximum atomic E-state index is 11.5. The quantitative estimate of drug-likeness (QED) is 0.890. The molecule has 0 radical (unpaired) electrons. The molecular formula is C14H18O4. The van der Waals surface area contributed by atoms with Crippen LogP contribution in [0.2, 0.25) is 0 Å². The second kappa shape index (κ2) is 5.40. The average Bonchev–Trinajstić information content (AvgIpc) is 2.40. The lowest BCUT2D eigenvalue weighted by Crippen LogP contribution is -2.49. The molecule has 0 unspecified atom stereocenters. The number of hydrogen-bond donors (Lipinski definition) is 1. The van der Waals surface area contributed by atoms with Gasteiger partial charge in [-0.3, -0.25) is 0 Å². The molecule has 0 amide bonds. The number of ether oxygens (including phenoxy) is 2. The molecule has 1 aliphatic rings. The van der Waals surface area contributed by atoms with E-state index in [2.05, 4.69) is 6.92 Å². The summed E-state index contributed by atoms with van der Waals surface area (Å²) in [7, 11) is 0. The second-order valence-electron chi connectivity index (χ2n) is 4.51. The Hall–Kier alpha value is -1.55. The van der Waals surface area contributed by atoms with Crippen LogP contribution >= 0.6 is 0 Å². The molecule has 1 fully saturated rings. The van der Waals surface area contributed by atoms with E-state index in [1.54, 1.807) is 6.07 Å². The summed E-state index contributed by atoms with van der Waals surface area (Å²) >= 11 is 0. The number of carbonyl (C=O) groups is 1. The van der Waals surface area contributed by atoms with E-state index < -0.39 is 11.6 Å². The predicted molar refractivity (Wildman–Crippen MR) is 66.9 cm³/mol. The Kier molecular flexibility index (Phi) is 3.87. The van der Waals surface area contributed by atoms with E-state index in [4.69, 9.17) is 9.47 Å². The largest absolute Gasteiger partial charge is 0.478 e. The van der Waals surface area contributed by atoms with Gasteiger partial charge in [-0.05, 0) is 24.1 Å². The fourth-order valence-corrected chi connectivity index (χ4v) is 2.12. The monoisotopic (exact) mass is 250 g/mol. The van der Waals surface area contributed by atoms with Gasteiger partial charge in [0.25, 0.3) is 0 Å². The fraction of sp³-hybridized carbons (Fsp3) is 0.500. The smallest absolute Gasteiger partial charge is 0.348 e. The lowest BCUT2D eigenvalue weighted by atomic mass is 9.94. The molecule has 4 heteroatoms. The van der Waals surface area contributed by atoms with Crippen LogP contribution in [0.5, 0.6) is 5.75 Å². The second-order valence-corrected chi connectivity index (χ2v) is 4.51. The van der Waals surface area contributed by atoms with Crippen molar-refractivity contribution in [3.8, 4) is 5.75 Å². The number of aryl methyl sites for hydroxylation is 1. The van der Waals surface area contributed by atoms with E-state index in [0.717, 1.165) is 12.0 Å². The summed E-state index contributed by atoms with van der Waals surface area (Å²) in [6.45, 7) is 2.92. The molecule has 0 aromatic heterocycles. The zero-order valence-electron chi connectivity index (χ0n) is 10.5. The van der Waals surface area contributed by atoms with Gasteiger partial charge in [-0.2, -0.15) is 0 Å². The van der Waals surface area contributed by atoms with Crippen molar-refractivity contribution in [2.24, 2.45) is 0 Å². The third-order valence-corrected chi connectivity index (χ3v) is 3.31. The fourth-order valence-electron chi connectivity index (χ4n) is 2.12. The first-order chi connectivity index (χ1) is 8.66. The Labute approximate surface area is 107 Å². The first kappa shape index (κ1) is 12.9. The first-order valence-electron chi connectivity index (χ1n) is 6.25. The van der Waals surface area contributed by atoms with Gasteiger partial charge in [0.2, 0.25) is 5.60 Å². The molecule has 0 bridgehead atoms. The van der Waals surface area contributed by atoms with Crippen LogP contribution in [0.25, 0.3) is 0 Å². The molecule has 0 spiro atoms. The van der Waals surface area contributed by atoms with Gasteiger partial charge in [0.15, 0.2) is 0 Å². The summed E-state index contributed by atoms with van der Waals surface area (Å²) < 4.78 is 11.0. The highest BCUT2D eigenvalue weighted by Gasteiger charge is 2.42. The van der Waals surface area contributed by atoms with Crippen LogP contribution < -0.4 is 4.74 Å². The topological polar surface area (TPSA) is 55.8 Å². The molecule has 18 heavy (non-hydrogen) atoms. The minimum Gasteiger partial charge on any atom is -0.478 e. The molecule has 0 aliphatic carbocycles. The molecule has 1 aromatic carbocycles. The van der Waals surface area contributed by atoms with Crippen molar-refractivity contribution in [3.63, 3.8) is 0 Å². The average molecular weight is 250 g/mol. The van der Waals surface area contributed by atoms with Gasteiger partial charge in [0.1, 0.15) is 5.75 Å². The third-order valence-electron chi connectivity index (χ3n) is 3.31. The van der Waals surface area contributed by atoms with Crippen molar-refractivity contribution < 1.29 is 19.4 Å². The van der Waals surface area contributed by atoms with Crippen molar-refractivity contribution in [2.75, 3.05) is 13.2 Å². The van der Waals surface area contributed by atoms with E-state index in [1.165, 1.54) is 0 Å². The molecular weight excluding hydrogens is 232 g/mol. The Morgan fingerprint density at radius 2 is 2.17 bits per heavy atom. The Balaban J connectivity index is 2.20. The van der Waals surface area contributed by atoms with Crippen LogP contribution in [0.15, 0.2) is 24.3 Å². The maximum Gasteiger partial charge on any atom is 0.348 e. The van der Waals surface area contributed by atoms with Crippen LogP contribution in [-0.4, -0.2) is 29.9 Å². The SMILES string of the molecule is CCc1cccc(OC2(C(=O)O)CCOCC2)c1. The van der Waals surface area contributed by atoms with Gasteiger partial charge in [-0.1, -0.05) is 19.1 Å². The van der Waals surface area contributed by atoms with Crippen LogP contribution in [0.4, 0.5) is 0 Å². The number of rotatable bonds is 4. The van der Waals surface area contributed by atoms with Crippen molar-refractivity contribution in [3.05, 3.63) is 29.8 Å². The van der Waals surface area contributed by atoms with Crippen LogP contribution in [0.1, 0.15) is 25.3 Å². The number of carboxylic acid groups (broad SMARTS) is 1. The van der Waals surface area contributed by atoms with E-state index in [1.807, 2.05) is 18.2 Å². The lowest BCUT2D eigenvalue weighted by molar-refractivity contribution is -0.163. The van der Waals surface area contributed by atoms with Gasteiger partial charge in [-0.25, -0.2) is 4.79 Å². The van der Waals surface area contributed by atoms with Crippen LogP contribution in [0.3, 0.4) is 0 Å². The molecule has 4 nitrogen and oxygen atoms in total. The Morgan fingerprint density at radius 3 is 2.78 bits per heavy atom. The molecule has 1 aliphatic heterocycles. The normalized spacial score (nSPS) is 18.3. The molecule has 1 aromatic rings. The summed E-state index contributed by atoms with van der Waals surface area (Å²) in [6, 6.07) is 7.60. The highest BCUT2D eigenvalue weighted by Crippen LogP contribution is 2.28. The Bertz CT molecular complexity index is 422. The van der Waals surface area contributed by atoms with Gasteiger partial charge in [0.05, 0.1) is 13.2 Å². The number of carboxylic acids is 1. The van der Waals surface area contributed by atoms with Gasteiger partial charge < -0.3 is 14.6 Å². The number of aliphatic carboxylic acids is 1. The standard InChI is InChI=1S/C14H18O4/c1-2-11-4-3-5-12(10-11)18-14(13(15)16)6-8-17-9-7-14/h3-5,10H,2,6-9H2,1H3,(H,15,16). The minimum atomic E-state index is -1.13. The van der Waals surface area contributed by atoms with E-state index >= 15 is 0 Å².